The molecule has 0 bridgehead atoms. The van der Waals surface area contributed by atoms with Crippen molar-refractivity contribution in [2.45, 2.75) is 0 Å². The van der Waals surface area contributed by atoms with Gasteiger partial charge in [-0.2, -0.15) is 0 Å². The van der Waals surface area contributed by atoms with Crippen molar-refractivity contribution >= 4 is 16.9 Å². The van der Waals surface area contributed by atoms with E-state index in [1.807, 2.05) is 26.2 Å². The molecule has 0 amide bonds. The van der Waals surface area contributed by atoms with Crippen LogP contribution in [0.3, 0.4) is 0 Å². The van der Waals surface area contributed by atoms with Crippen LogP contribution in [0, 0.1) is 0 Å². The lowest BCUT2D eigenvalue weighted by atomic mass is 10.1. The summed E-state index contributed by atoms with van der Waals surface area (Å²) in [6.45, 7) is 0. The van der Waals surface area contributed by atoms with Crippen LogP contribution in [0.4, 0.5) is 5.69 Å². The van der Waals surface area contributed by atoms with Gasteiger partial charge in [-0.15, -0.1) is 0 Å². The molecule has 0 aliphatic carbocycles. The third-order valence-corrected chi connectivity index (χ3v) is 3.00. The fraction of sp³-hybridized carbons (Fsp3) is 0.133. The summed E-state index contributed by atoms with van der Waals surface area (Å²) in [6.07, 6.45) is 3.49. The molecule has 0 radical (unpaired) electrons. The number of pyridine rings is 1. The standard InChI is InChI=1S/C15H14N4/c1-19(2)12-7-5-11(6-8-12)14-10-17-15-13(18-14)4-3-9-16-15/h3-10H,1-2H3. The highest BCUT2D eigenvalue weighted by Crippen LogP contribution is 2.21. The zero-order chi connectivity index (χ0) is 13.2. The van der Waals surface area contributed by atoms with Crippen molar-refractivity contribution < 1.29 is 0 Å². The van der Waals surface area contributed by atoms with E-state index in [4.69, 9.17) is 0 Å². The molecule has 1 aromatic carbocycles. The highest BCUT2D eigenvalue weighted by atomic mass is 15.1. The predicted molar refractivity (Wildman–Crippen MR) is 77.1 cm³/mol. The fourth-order valence-electron chi connectivity index (χ4n) is 1.93. The summed E-state index contributed by atoms with van der Waals surface area (Å²) in [4.78, 5) is 15.2. The Bertz CT molecular complexity index is 705. The van der Waals surface area contributed by atoms with Crippen molar-refractivity contribution in [3.8, 4) is 11.3 Å². The quantitative estimate of drug-likeness (QED) is 0.701. The topological polar surface area (TPSA) is 41.9 Å². The van der Waals surface area contributed by atoms with E-state index in [2.05, 4.69) is 44.1 Å². The highest BCUT2D eigenvalue weighted by Gasteiger charge is 2.03. The molecule has 4 heteroatoms. The minimum atomic E-state index is 0.677. The van der Waals surface area contributed by atoms with E-state index < -0.39 is 0 Å². The number of aromatic nitrogens is 3. The van der Waals surface area contributed by atoms with E-state index in [1.54, 1.807) is 12.4 Å². The zero-order valence-corrected chi connectivity index (χ0v) is 10.9. The van der Waals surface area contributed by atoms with Crippen molar-refractivity contribution in [1.29, 1.82) is 0 Å². The molecule has 3 rings (SSSR count). The minimum absolute atomic E-state index is 0.677. The maximum absolute atomic E-state index is 4.58. The molecular weight excluding hydrogens is 236 g/mol. The molecule has 0 saturated heterocycles. The van der Waals surface area contributed by atoms with Gasteiger partial charge in [0.2, 0.25) is 0 Å². The second-order valence-corrected chi connectivity index (χ2v) is 4.54. The summed E-state index contributed by atoms with van der Waals surface area (Å²) < 4.78 is 0. The van der Waals surface area contributed by atoms with Gasteiger partial charge in [0, 0.05) is 31.5 Å². The number of anilines is 1. The summed E-state index contributed by atoms with van der Waals surface area (Å²) in [5.74, 6) is 0. The van der Waals surface area contributed by atoms with Crippen LogP contribution in [0.5, 0.6) is 0 Å². The molecule has 0 spiro atoms. The van der Waals surface area contributed by atoms with Gasteiger partial charge in [-0.3, -0.25) is 0 Å². The van der Waals surface area contributed by atoms with Gasteiger partial charge in [-0.1, -0.05) is 12.1 Å². The molecule has 0 saturated carbocycles. The van der Waals surface area contributed by atoms with Gasteiger partial charge in [0.15, 0.2) is 5.65 Å². The average molecular weight is 250 g/mol. The lowest BCUT2D eigenvalue weighted by molar-refractivity contribution is 1.13. The number of hydrogen-bond donors (Lipinski definition) is 0. The third-order valence-electron chi connectivity index (χ3n) is 3.00. The molecule has 0 aliphatic rings. The lowest BCUT2D eigenvalue weighted by Crippen LogP contribution is -2.07. The number of nitrogens with zero attached hydrogens (tertiary/aromatic N) is 4. The lowest BCUT2D eigenvalue weighted by Gasteiger charge is -2.12. The maximum Gasteiger partial charge on any atom is 0.178 e. The van der Waals surface area contributed by atoms with Crippen molar-refractivity contribution in [2.24, 2.45) is 0 Å². The first-order chi connectivity index (χ1) is 9.24. The Hall–Kier alpha value is -2.49. The van der Waals surface area contributed by atoms with Crippen LogP contribution in [0.15, 0.2) is 48.8 Å². The molecule has 0 fully saturated rings. The largest absolute Gasteiger partial charge is 0.378 e. The molecule has 2 heterocycles. The van der Waals surface area contributed by atoms with Crippen molar-refractivity contribution in [3.63, 3.8) is 0 Å². The van der Waals surface area contributed by atoms with Crippen LogP contribution in [-0.4, -0.2) is 29.0 Å². The van der Waals surface area contributed by atoms with Gasteiger partial charge in [0.05, 0.1) is 11.9 Å². The first kappa shape index (κ1) is 11.6. The Morgan fingerprint density at radius 1 is 0.947 bits per heavy atom. The predicted octanol–water partition coefficient (Wildman–Crippen LogP) is 2.76. The molecule has 19 heavy (non-hydrogen) atoms. The van der Waals surface area contributed by atoms with Gasteiger partial charge in [0.1, 0.15) is 5.52 Å². The summed E-state index contributed by atoms with van der Waals surface area (Å²) in [7, 11) is 4.05. The van der Waals surface area contributed by atoms with E-state index in [1.165, 1.54) is 5.69 Å². The second-order valence-electron chi connectivity index (χ2n) is 4.54. The van der Waals surface area contributed by atoms with Crippen molar-refractivity contribution in [3.05, 3.63) is 48.8 Å². The van der Waals surface area contributed by atoms with Crippen LogP contribution in [-0.2, 0) is 0 Å². The zero-order valence-electron chi connectivity index (χ0n) is 10.9. The molecule has 0 atom stereocenters. The van der Waals surface area contributed by atoms with Crippen LogP contribution in [0.1, 0.15) is 0 Å². The van der Waals surface area contributed by atoms with E-state index in [0.29, 0.717) is 5.65 Å². The first-order valence-corrected chi connectivity index (χ1v) is 6.09. The highest BCUT2D eigenvalue weighted by molar-refractivity contribution is 5.73. The van der Waals surface area contributed by atoms with Crippen molar-refractivity contribution in [2.75, 3.05) is 19.0 Å². The number of rotatable bonds is 2. The summed E-state index contributed by atoms with van der Waals surface area (Å²) in [5, 5.41) is 0. The normalized spacial score (nSPS) is 10.6. The number of hydrogen-bond acceptors (Lipinski definition) is 4. The minimum Gasteiger partial charge on any atom is -0.378 e. The van der Waals surface area contributed by atoms with E-state index in [0.717, 1.165) is 16.8 Å². The Kier molecular flexibility index (Phi) is 2.83. The average Bonchev–Trinajstić information content (AvgIpc) is 2.47. The van der Waals surface area contributed by atoms with Crippen LogP contribution in [0.2, 0.25) is 0 Å². The van der Waals surface area contributed by atoms with Gasteiger partial charge in [-0.25, -0.2) is 15.0 Å². The smallest absolute Gasteiger partial charge is 0.178 e. The second kappa shape index (κ2) is 4.65. The van der Waals surface area contributed by atoms with E-state index in [9.17, 15) is 0 Å². The maximum atomic E-state index is 4.58. The molecule has 94 valence electrons. The molecule has 2 aromatic heterocycles. The molecule has 0 N–H and O–H groups in total. The summed E-state index contributed by atoms with van der Waals surface area (Å²) >= 11 is 0. The first-order valence-electron chi connectivity index (χ1n) is 6.09. The third kappa shape index (κ3) is 2.25. The Morgan fingerprint density at radius 2 is 1.74 bits per heavy atom. The van der Waals surface area contributed by atoms with Gasteiger partial charge in [-0.05, 0) is 24.3 Å². The van der Waals surface area contributed by atoms with Gasteiger partial charge >= 0.3 is 0 Å². The van der Waals surface area contributed by atoms with Gasteiger partial charge in [0.25, 0.3) is 0 Å². The molecular formula is C15H14N4. The summed E-state index contributed by atoms with van der Waals surface area (Å²) in [5.41, 5.74) is 4.58. The Morgan fingerprint density at radius 3 is 2.47 bits per heavy atom. The Labute approximate surface area is 111 Å². The Balaban J connectivity index is 2.03. The van der Waals surface area contributed by atoms with Crippen LogP contribution < -0.4 is 4.90 Å². The SMILES string of the molecule is CN(C)c1ccc(-c2cnc3ncccc3n2)cc1. The molecule has 0 unspecified atom stereocenters. The van der Waals surface area contributed by atoms with Crippen LogP contribution >= 0.6 is 0 Å². The van der Waals surface area contributed by atoms with Gasteiger partial charge < -0.3 is 4.90 Å². The van der Waals surface area contributed by atoms with Crippen LogP contribution in [0.25, 0.3) is 22.4 Å². The number of fused-ring (bicyclic) bond motifs is 1. The van der Waals surface area contributed by atoms with Crippen molar-refractivity contribution in [1.82, 2.24) is 15.0 Å². The molecule has 4 nitrogen and oxygen atoms in total. The fourth-order valence-corrected chi connectivity index (χ4v) is 1.93. The van der Waals surface area contributed by atoms with E-state index in [-0.39, 0.29) is 0 Å². The monoisotopic (exact) mass is 250 g/mol. The molecule has 3 aromatic rings. The number of benzene rings is 1. The molecule has 0 aliphatic heterocycles. The van der Waals surface area contributed by atoms with E-state index >= 15 is 0 Å². The summed E-state index contributed by atoms with van der Waals surface area (Å²) in [6, 6.07) is 12.1.